The molecule has 6 nitrogen and oxygen atoms in total. The molecule has 6 heteroatoms. The summed E-state index contributed by atoms with van der Waals surface area (Å²) in [6.07, 6.45) is -1.72. The predicted octanol–water partition coefficient (Wildman–Crippen LogP) is 3.10. The third kappa shape index (κ3) is 5.15. The molecule has 2 aromatic carbocycles. The Bertz CT molecular complexity index is 862. The zero-order chi connectivity index (χ0) is 21.2. The van der Waals surface area contributed by atoms with E-state index in [-0.39, 0.29) is 12.5 Å². The molecule has 29 heavy (non-hydrogen) atoms. The molecule has 3 rings (SSSR count). The Labute approximate surface area is 171 Å². The number of hydrogen-bond donors (Lipinski definition) is 4. The van der Waals surface area contributed by atoms with Gasteiger partial charge in [-0.3, -0.25) is 10.1 Å². The van der Waals surface area contributed by atoms with E-state index in [9.17, 15) is 15.0 Å². The van der Waals surface area contributed by atoms with Crippen molar-refractivity contribution in [2.24, 2.45) is 0 Å². The van der Waals surface area contributed by atoms with Gasteiger partial charge in [0.1, 0.15) is 18.1 Å². The number of rotatable bonds is 7. The van der Waals surface area contributed by atoms with Gasteiger partial charge in [0.2, 0.25) is 0 Å². The van der Waals surface area contributed by atoms with E-state index >= 15 is 0 Å². The molecule has 1 heterocycles. The monoisotopic (exact) mass is 398 g/mol. The van der Waals surface area contributed by atoms with Gasteiger partial charge in [0, 0.05) is 11.1 Å². The van der Waals surface area contributed by atoms with E-state index in [0.29, 0.717) is 29.3 Å². The molecule has 0 saturated carbocycles. The minimum atomic E-state index is -1.21. The van der Waals surface area contributed by atoms with Crippen LogP contribution in [0.4, 0.5) is 5.69 Å². The molecule has 0 saturated heterocycles. The second-order valence-corrected chi connectivity index (χ2v) is 8.55. The van der Waals surface area contributed by atoms with Crippen LogP contribution >= 0.6 is 0 Å². The van der Waals surface area contributed by atoms with Crippen LogP contribution in [0.15, 0.2) is 42.5 Å². The zero-order valence-corrected chi connectivity index (χ0v) is 17.4. The van der Waals surface area contributed by atoms with Crippen molar-refractivity contribution in [1.82, 2.24) is 5.32 Å². The summed E-state index contributed by atoms with van der Waals surface area (Å²) in [5.74, 6) is 0.630. The van der Waals surface area contributed by atoms with E-state index in [1.807, 2.05) is 13.8 Å². The van der Waals surface area contributed by atoms with Crippen LogP contribution in [0.5, 0.6) is 5.75 Å². The van der Waals surface area contributed by atoms with Crippen molar-refractivity contribution in [2.75, 3.05) is 11.9 Å². The standard InChI is InChI=1S/C23H30N2O4/c1-14(2)16-10-8-15(9-11-16)12-23(3,4)25-22(28)20(27)17-6-5-7-18-21(17)29-13-19(26)24-18/h5-11,14,20,22,25,27-28H,12-13H2,1-4H3,(H,24,26). The van der Waals surface area contributed by atoms with Crippen LogP contribution in [-0.4, -0.2) is 34.5 Å². The molecular weight excluding hydrogens is 368 g/mol. The number of benzene rings is 2. The number of ether oxygens (including phenoxy) is 1. The number of aliphatic hydroxyl groups excluding tert-OH is 2. The van der Waals surface area contributed by atoms with Gasteiger partial charge in [-0.1, -0.05) is 50.2 Å². The third-order valence-corrected chi connectivity index (χ3v) is 5.12. The molecule has 4 N–H and O–H groups in total. The minimum Gasteiger partial charge on any atom is -0.481 e. The van der Waals surface area contributed by atoms with Crippen molar-refractivity contribution in [3.8, 4) is 5.75 Å². The first-order chi connectivity index (χ1) is 13.7. The van der Waals surface area contributed by atoms with Crippen LogP contribution in [0.3, 0.4) is 0 Å². The summed E-state index contributed by atoms with van der Waals surface area (Å²) in [7, 11) is 0. The Morgan fingerprint density at radius 3 is 2.48 bits per heavy atom. The summed E-state index contributed by atoms with van der Waals surface area (Å²) in [5, 5.41) is 27.2. The maximum atomic E-state index is 11.5. The summed E-state index contributed by atoms with van der Waals surface area (Å²) in [6.45, 7) is 8.18. The van der Waals surface area contributed by atoms with E-state index in [4.69, 9.17) is 4.74 Å². The largest absolute Gasteiger partial charge is 0.481 e. The number of hydrogen-bond acceptors (Lipinski definition) is 5. The number of fused-ring (bicyclic) bond motifs is 1. The van der Waals surface area contributed by atoms with Crippen LogP contribution < -0.4 is 15.4 Å². The highest BCUT2D eigenvalue weighted by Crippen LogP contribution is 2.36. The van der Waals surface area contributed by atoms with E-state index < -0.39 is 17.9 Å². The maximum Gasteiger partial charge on any atom is 0.262 e. The lowest BCUT2D eigenvalue weighted by Gasteiger charge is -2.33. The molecule has 0 bridgehead atoms. The van der Waals surface area contributed by atoms with Crippen LogP contribution in [-0.2, 0) is 11.2 Å². The number of aliphatic hydroxyl groups is 2. The second kappa shape index (κ2) is 8.53. The fourth-order valence-corrected chi connectivity index (χ4v) is 3.60. The molecule has 1 aliphatic heterocycles. The summed E-state index contributed by atoms with van der Waals surface area (Å²) in [5.41, 5.74) is 2.91. The number of para-hydroxylation sites is 1. The van der Waals surface area contributed by atoms with Crippen molar-refractivity contribution in [2.45, 2.75) is 57.9 Å². The van der Waals surface area contributed by atoms with Gasteiger partial charge >= 0.3 is 0 Å². The number of carbonyl (C=O) groups excluding carboxylic acids is 1. The normalized spacial score (nSPS) is 16.0. The first kappa shape index (κ1) is 21.3. The minimum absolute atomic E-state index is 0.113. The zero-order valence-electron chi connectivity index (χ0n) is 17.4. The lowest BCUT2D eigenvalue weighted by molar-refractivity contribution is -0.118. The highest BCUT2D eigenvalue weighted by Gasteiger charge is 2.30. The molecule has 0 aliphatic carbocycles. The highest BCUT2D eigenvalue weighted by atomic mass is 16.5. The summed E-state index contributed by atoms with van der Waals surface area (Å²) >= 11 is 0. The Balaban J connectivity index is 1.69. The highest BCUT2D eigenvalue weighted by molar-refractivity contribution is 5.95. The Morgan fingerprint density at radius 2 is 1.83 bits per heavy atom. The SMILES string of the molecule is CC(C)c1ccc(CC(C)(C)NC(O)C(O)c2cccc3c2OCC(=O)N3)cc1. The lowest BCUT2D eigenvalue weighted by Crippen LogP contribution is -2.49. The van der Waals surface area contributed by atoms with Crippen molar-refractivity contribution in [1.29, 1.82) is 0 Å². The second-order valence-electron chi connectivity index (χ2n) is 8.55. The predicted molar refractivity (Wildman–Crippen MR) is 113 cm³/mol. The molecule has 156 valence electrons. The molecule has 1 amide bonds. The van der Waals surface area contributed by atoms with Crippen LogP contribution in [0, 0.1) is 0 Å². The Hall–Kier alpha value is -2.41. The van der Waals surface area contributed by atoms with Gasteiger partial charge < -0.3 is 20.3 Å². The average molecular weight is 399 g/mol. The summed E-state index contributed by atoms with van der Waals surface area (Å²) in [4.78, 5) is 11.5. The van der Waals surface area contributed by atoms with Crippen LogP contribution in [0.1, 0.15) is 56.4 Å². The van der Waals surface area contributed by atoms with E-state index in [0.717, 1.165) is 5.56 Å². The van der Waals surface area contributed by atoms with Crippen molar-refractivity contribution in [3.05, 3.63) is 59.2 Å². The molecule has 0 spiro atoms. The van der Waals surface area contributed by atoms with Gasteiger partial charge in [-0.25, -0.2) is 0 Å². The molecule has 2 unspecified atom stereocenters. The van der Waals surface area contributed by atoms with Gasteiger partial charge in [-0.05, 0) is 43.4 Å². The van der Waals surface area contributed by atoms with Crippen LogP contribution in [0.25, 0.3) is 0 Å². The van der Waals surface area contributed by atoms with E-state index in [2.05, 4.69) is 48.7 Å². The lowest BCUT2D eigenvalue weighted by atomic mass is 9.92. The first-order valence-corrected chi connectivity index (χ1v) is 9.94. The Kier molecular flexibility index (Phi) is 6.27. The smallest absolute Gasteiger partial charge is 0.262 e. The topological polar surface area (TPSA) is 90.8 Å². The molecular formula is C23H30N2O4. The van der Waals surface area contributed by atoms with E-state index in [1.54, 1.807) is 18.2 Å². The van der Waals surface area contributed by atoms with Crippen molar-refractivity contribution in [3.63, 3.8) is 0 Å². The first-order valence-electron chi connectivity index (χ1n) is 9.94. The van der Waals surface area contributed by atoms with Gasteiger partial charge in [0.15, 0.2) is 6.61 Å². The van der Waals surface area contributed by atoms with Crippen molar-refractivity contribution < 1.29 is 19.7 Å². The maximum absolute atomic E-state index is 11.5. The third-order valence-electron chi connectivity index (χ3n) is 5.12. The molecule has 2 aromatic rings. The average Bonchev–Trinajstić information content (AvgIpc) is 2.66. The van der Waals surface area contributed by atoms with Gasteiger partial charge in [-0.2, -0.15) is 0 Å². The van der Waals surface area contributed by atoms with Gasteiger partial charge in [0.25, 0.3) is 5.91 Å². The summed E-state index contributed by atoms with van der Waals surface area (Å²) < 4.78 is 5.48. The Morgan fingerprint density at radius 1 is 1.14 bits per heavy atom. The fourth-order valence-electron chi connectivity index (χ4n) is 3.60. The number of carbonyl (C=O) groups is 1. The van der Waals surface area contributed by atoms with Crippen LogP contribution in [0.2, 0.25) is 0 Å². The molecule has 0 aromatic heterocycles. The molecule has 0 fully saturated rings. The number of amides is 1. The van der Waals surface area contributed by atoms with E-state index in [1.165, 1.54) is 5.56 Å². The number of anilines is 1. The number of nitrogens with one attached hydrogen (secondary N) is 2. The molecule has 0 radical (unpaired) electrons. The fraction of sp³-hybridized carbons (Fsp3) is 0.435. The van der Waals surface area contributed by atoms with Crippen molar-refractivity contribution >= 4 is 11.6 Å². The summed E-state index contributed by atoms with van der Waals surface area (Å²) in [6, 6.07) is 13.6. The molecule has 1 aliphatic rings. The van der Waals surface area contributed by atoms with Gasteiger partial charge in [-0.15, -0.1) is 0 Å². The quantitative estimate of drug-likeness (QED) is 0.538. The van der Waals surface area contributed by atoms with Gasteiger partial charge in [0.05, 0.1) is 5.69 Å². The molecule has 2 atom stereocenters.